The molecule has 1 aromatic rings. The molecule has 118 valence electrons. The van der Waals surface area contributed by atoms with E-state index in [0.29, 0.717) is 23.0 Å². The summed E-state index contributed by atoms with van der Waals surface area (Å²) in [7, 11) is -3.66. The van der Waals surface area contributed by atoms with Crippen LogP contribution in [0.25, 0.3) is 0 Å². The van der Waals surface area contributed by atoms with Crippen molar-refractivity contribution in [2.75, 3.05) is 6.54 Å². The van der Waals surface area contributed by atoms with Gasteiger partial charge in [0, 0.05) is 23.7 Å². The molecule has 7 heteroatoms. The Kier molecular flexibility index (Phi) is 4.90. The highest BCUT2D eigenvalue weighted by Crippen LogP contribution is 2.51. The molecule has 0 saturated heterocycles. The number of nitrogens with one attached hydrogen (secondary N) is 1. The molecule has 1 aliphatic carbocycles. The lowest BCUT2D eigenvalue weighted by molar-refractivity contribution is 0.357. The first-order valence-electron chi connectivity index (χ1n) is 6.90. The lowest BCUT2D eigenvalue weighted by atomic mass is 9.93. The van der Waals surface area contributed by atoms with Gasteiger partial charge in [-0.25, -0.2) is 13.1 Å². The summed E-state index contributed by atoms with van der Waals surface area (Å²) in [5.41, 5.74) is 6.11. The summed E-state index contributed by atoms with van der Waals surface area (Å²) in [5.74, 6) is 0.445. The zero-order valence-electron chi connectivity index (χ0n) is 12.1. The Labute approximate surface area is 136 Å². The van der Waals surface area contributed by atoms with E-state index in [1.165, 1.54) is 12.1 Å². The molecule has 0 aromatic heterocycles. The minimum atomic E-state index is -3.66. The van der Waals surface area contributed by atoms with Gasteiger partial charge in [0.1, 0.15) is 4.90 Å². The smallest absolute Gasteiger partial charge is 0.242 e. The summed E-state index contributed by atoms with van der Waals surface area (Å²) in [6, 6.07) is 2.93. The van der Waals surface area contributed by atoms with E-state index in [0.717, 1.165) is 12.8 Å². The molecular weight excluding hydrogens is 331 g/mol. The van der Waals surface area contributed by atoms with Gasteiger partial charge >= 0.3 is 0 Å². The Hall–Kier alpha value is -0.330. The Morgan fingerprint density at radius 3 is 2.43 bits per heavy atom. The summed E-state index contributed by atoms with van der Waals surface area (Å²) in [4.78, 5) is 0.0357. The number of sulfonamides is 1. The number of nitrogens with two attached hydrogens (primary N) is 1. The molecule has 0 aliphatic heterocycles. The van der Waals surface area contributed by atoms with Crippen LogP contribution in [-0.4, -0.2) is 15.0 Å². The monoisotopic (exact) mass is 350 g/mol. The van der Waals surface area contributed by atoms with E-state index in [4.69, 9.17) is 28.9 Å². The molecule has 0 bridgehead atoms. The molecule has 3 N–H and O–H groups in total. The van der Waals surface area contributed by atoms with Gasteiger partial charge in [-0.3, -0.25) is 0 Å². The van der Waals surface area contributed by atoms with Crippen LogP contribution in [0.3, 0.4) is 0 Å². The molecule has 0 atom stereocenters. The highest BCUT2D eigenvalue weighted by atomic mass is 35.5. The van der Waals surface area contributed by atoms with Crippen molar-refractivity contribution in [3.05, 3.63) is 27.7 Å². The molecule has 4 nitrogen and oxygen atoms in total. The second-order valence-corrected chi connectivity index (χ2v) is 8.40. The summed E-state index contributed by atoms with van der Waals surface area (Å²) < 4.78 is 27.6. The largest absolute Gasteiger partial charge is 0.326 e. The highest BCUT2D eigenvalue weighted by molar-refractivity contribution is 7.89. The van der Waals surface area contributed by atoms with Crippen LogP contribution < -0.4 is 10.5 Å². The average molecular weight is 351 g/mol. The van der Waals surface area contributed by atoms with E-state index in [-0.39, 0.29) is 21.9 Å². The molecule has 0 unspecified atom stereocenters. The maximum Gasteiger partial charge on any atom is 0.242 e. The molecule has 1 aliphatic rings. The third kappa shape index (κ3) is 3.37. The van der Waals surface area contributed by atoms with E-state index in [2.05, 4.69) is 18.6 Å². The highest BCUT2D eigenvalue weighted by Gasteiger charge is 2.45. The van der Waals surface area contributed by atoms with Crippen LogP contribution in [0.1, 0.15) is 32.3 Å². The zero-order valence-corrected chi connectivity index (χ0v) is 14.4. The van der Waals surface area contributed by atoms with Gasteiger partial charge in [0.05, 0.1) is 5.02 Å². The van der Waals surface area contributed by atoms with Crippen molar-refractivity contribution < 1.29 is 8.42 Å². The summed E-state index contributed by atoms with van der Waals surface area (Å²) in [6.45, 7) is 4.76. The predicted molar refractivity (Wildman–Crippen MR) is 86.0 cm³/mol. The Bertz CT molecular complexity index is 641. The lowest BCUT2D eigenvalue weighted by Gasteiger charge is -2.20. The topological polar surface area (TPSA) is 72.2 Å². The Morgan fingerprint density at radius 1 is 1.33 bits per heavy atom. The van der Waals surface area contributed by atoms with Crippen molar-refractivity contribution in [2.45, 2.75) is 38.1 Å². The average Bonchev–Trinajstić information content (AvgIpc) is 3.18. The number of rotatable bonds is 6. The standard InChI is InChI=1S/C14H20Cl2N2O2S/c1-9(2)14(5-6-14)8-18-21(19,20)12-4-3-11(15)10(7-17)13(12)16/h3-4,9,18H,5-8,17H2,1-2H3. The van der Waals surface area contributed by atoms with Crippen LogP contribution in [0.2, 0.25) is 10.0 Å². The van der Waals surface area contributed by atoms with Crippen LogP contribution in [0.5, 0.6) is 0 Å². The van der Waals surface area contributed by atoms with Gasteiger partial charge in [0.25, 0.3) is 0 Å². The van der Waals surface area contributed by atoms with E-state index in [9.17, 15) is 8.42 Å². The molecule has 0 spiro atoms. The molecule has 2 rings (SSSR count). The van der Waals surface area contributed by atoms with E-state index in [1.54, 1.807) is 0 Å². The van der Waals surface area contributed by atoms with Crippen molar-refractivity contribution in [3.8, 4) is 0 Å². The zero-order chi connectivity index (χ0) is 15.8. The van der Waals surface area contributed by atoms with E-state index in [1.807, 2.05) is 0 Å². The second-order valence-electron chi connectivity index (χ2n) is 5.88. The minimum absolute atomic E-state index is 0.0357. The van der Waals surface area contributed by atoms with Gasteiger partial charge in [-0.2, -0.15) is 0 Å². The van der Waals surface area contributed by atoms with E-state index >= 15 is 0 Å². The van der Waals surface area contributed by atoms with Gasteiger partial charge in [-0.15, -0.1) is 0 Å². The van der Waals surface area contributed by atoms with Crippen molar-refractivity contribution in [1.29, 1.82) is 0 Å². The summed E-state index contributed by atoms with van der Waals surface area (Å²) in [5, 5.41) is 0.481. The van der Waals surface area contributed by atoms with Crippen molar-refractivity contribution in [2.24, 2.45) is 17.1 Å². The molecular formula is C14H20Cl2N2O2S. The maximum absolute atomic E-state index is 12.5. The SMILES string of the molecule is CC(C)C1(CNS(=O)(=O)c2ccc(Cl)c(CN)c2Cl)CC1. The van der Waals surface area contributed by atoms with Crippen molar-refractivity contribution in [1.82, 2.24) is 4.72 Å². The maximum atomic E-state index is 12.5. The summed E-state index contributed by atoms with van der Waals surface area (Å²) >= 11 is 12.1. The van der Waals surface area contributed by atoms with Gasteiger partial charge in [-0.05, 0) is 36.3 Å². The van der Waals surface area contributed by atoms with Gasteiger partial charge in [-0.1, -0.05) is 37.0 Å². The number of benzene rings is 1. The van der Waals surface area contributed by atoms with Crippen LogP contribution in [0.15, 0.2) is 17.0 Å². The Balaban J connectivity index is 2.25. The molecule has 1 saturated carbocycles. The lowest BCUT2D eigenvalue weighted by Crippen LogP contribution is -2.32. The van der Waals surface area contributed by atoms with Crippen LogP contribution >= 0.6 is 23.2 Å². The first kappa shape index (κ1) is 17.0. The Morgan fingerprint density at radius 2 is 1.95 bits per heavy atom. The third-order valence-corrected chi connectivity index (χ3v) is 6.72. The predicted octanol–water partition coefficient (Wildman–Crippen LogP) is 3.17. The number of hydrogen-bond acceptors (Lipinski definition) is 3. The van der Waals surface area contributed by atoms with Gasteiger partial charge < -0.3 is 5.73 Å². The van der Waals surface area contributed by atoms with Crippen molar-refractivity contribution >= 4 is 33.2 Å². The number of halogens is 2. The van der Waals surface area contributed by atoms with Crippen LogP contribution in [-0.2, 0) is 16.6 Å². The number of hydrogen-bond donors (Lipinski definition) is 2. The molecule has 0 heterocycles. The van der Waals surface area contributed by atoms with Crippen molar-refractivity contribution in [3.63, 3.8) is 0 Å². The third-order valence-electron chi connectivity index (χ3n) is 4.38. The van der Waals surface area contributed by atoms with Gasteiger partial charge in [0.15, 0.2) is 0 Å². The van der Waals surface area contributed by atoms with Gasteiger partial charge in [0.2, 0.25) is 10.0 Å². The fourth-order valence-electron chi connectivity index (χ4n) is 2.41. The molecule has 21 heavy (non-hydrogen) atoms. The molecule has 1 fully saturated rings. The quantitative estimate of drug-likeness (QED) is 0.827. The fourth-order valence-corrected chi connectivity index (χ4v) is 4.48. The normalized spacial score (nSPS) is 17.2. The second kappa shape index (κ2) is 6.05. The fraction of sp³-hybridized carbons (Fsp3) is 0.571. The molecule has 0 radical (unpaired) electrons. The first-order valence-corrected chi connectivity index (χ1v) is 9.14. The van der Waals surface area contributed by atoms with Crippen LogP contribution in [0.4, 0.5) is 0 Å². The van der Waals surface area contributed by atoms with E-state index < -0.39 is 10.0 Å². The first-order chi connectivity index (χ1) is 9.73. The van der Waals surface area contributed by atoms with Crippen LogP contribution in [0, 0.1) is 11.3 Å². The summed E-state index contributed by atoms with van der Waals surface area (Å²) in [6.07, 6.45) is 2.10. The molecule has 1 aromatic carbocycles. The molecule has 0 amide bonds. The minimum Gasteiger partial charge on any atom is -0.326 e.